The van der Waals surface area contributed by atoms with Crippen molar-refractivity contribution >= 4 is 5.91 Å². The molecule has 0 bridgehead atoms. The molecule has 0 unspecified atom stereocenters. The van der Waals surface area contributed by atoms with E-state index in [-0.39, 0.29) is 11.7 Å². The molecule has 2 aromatic rings. The van der Waals surface area contributed by atoms with Gasteiger partial charge in [0.15, 0.2) is 0 Å². The highest BCUT2D eigenvalue weighted by Crippen LogP contribution is 2.26. The van der Waals surface area contributed by atoms with Crippen molar-refractivity contribution in [3.05, 3.63) is 54.1 Å². The van der Waals surface area contributed by atoms with E-state index in [1.54, 1.807) is 12.1 Å². The van der Waals surface area contributed by atoms with Gasteiger partial charge in [0, 0.05) is 13.0 Å². The Morgan fingerprint density at radius 1 is 1.00 bits per heavy atom. The Balaban J connectivity index is 1.99. The second-order valence-corrected chi connectivity index (χ2v) is 5.30. The molecule has 0 fully saturated rings. The monoisotopic (exact) mass is 337 g/mol. The number of hydrogen-bond acceptors (Lipinski definition) is 2. The molecule has 3 nitrogen and oxygen atoms in total. The molecule has 2 rings (SSSR count). The number of rotatable bonds is 6. The molecule has 2 aromatic carbocycles. The molecule has 128 valence electrons. The lowest BCUT2D eigenvalue weighted by atomic mass is 10.0. The largest absolute Gasteiger partial charge is 0.573 e. The molecular formula is C18H18F3NO2. The third kappa shape index (κ3) is 5.61. The predicted molar refractivity (Wildman–Crippen MR) is 85.3 cm³/mol. The van der Waals surface area contributed by atoms with Crippen molar-refractivity contribution in [2.45, 2.75) is 32.7 Å². The second-order valence-electron chi connectivity index (χ2n) is 5.30. The summed E-state index contributed by atoms with van der Waals surface area (Å²) >= 11 is 0. The lowest BCUT2D eigenvalue weighted by Crippen LogP contribution is -2.21. The summed E-state index contributed by atoms with van der Waals surface area (Å²) in [4.78, 5) is 11.4. The van der Waals surface area contributed by atoms with Gasteiger partial charge in [-0.1, -0.05) is 43.3 Å². The van der Waals surface area contributed by atoms with E-state index in [0.29, 0.717) is 13.0 Å². The first-order chi connectivity index (χ1) is 11.4. The van der Waals surface area contributed by atoms with Gasteiger partial charge in [-0.05, 0) is 35.2 Å². The summed E-state index contributed by atoms with van der Waals surface area (Å²) in [6, 6.07) is 13.2. The maximum absolute atomic E-state index is 12.1. The Morgan fingerprint density at radius 2 is 1.54 bits per heavy atom. The van der Waals surface area contributed by atoms with Crippen molar-refractivity contribution in [3.63, 3.8) is 0 Å². The Labute approximate surface area is 138 Å². The van der Waals surface area contributed by atoms with Crippen LogP contribution in [0.25, 0.3) is 11.1 Å². The molecule has 0 saturated heterocycles. The number of alkyl halides is 3. The van der Waals surface area contributed by atoms with Gasteiger partial charge < -0.3 is 10.1 Å². The number of carbonyl (C=O) groups excluding carboxylic acids is 1. The van der Waals surface area contributed by atoms with Gasteiger partial charge in [-0.2, -0.15) is 0 Å². The maximum Gasteiger partial charge on any atom is 0.573 e. The van der Waals surface area contributed by atoms with Crippen molar-refractivity contribution < 1.29 is 22.7 Å². The van der Waals surface area contributed by atoms with E-state index in [9.17, 15) is 18.0 Å². The lowest BCUT2D eigenvalue weighted by Gasteiger charge is -2.10. The topological polar surface area (TPSA) is 38.3 Å². The number of halogens is 3. The zero-order valence-electron chi connectivity index (χ0n) is 13.2. The van der Waals surface area contributed by atoms with Crippen LogP contribution in [0.5, 0.6) is 5.75 Å². The normalized spacial score (nSPS) is 11.2. The first kappa shape index (κ1) is 17.8. The smallest absolute Gasteiger partial charge is 0.406 e. The zero-order valence-corrected chi connectivity index (χ0v) is 13.2. The minimum absolute atomic E-state index is 0.0156. The fraction of sp³-hybridized carbons (Fsp3) is 0.278. The van der Waals surface area contributed by atoms with Crippen LogP contribution in [-0.2, 0) is 11.3 Å². The molecule has 24 heavy (non-hydrogen) atoms. The van der Waals surface area contributed by atoms with Crippen molar-refractivity contribution in [2.24, 2.45) is 0 Å². The number of ether oxygens (including phenoxy) is 1. The quantitative estimate of drug-likeness (QED) is 0.832. The first-order valence-corrected chi connectivity index (χ1v) is 7.59. The first-order valence-electron chi connectivity index (χ1n) is 7.59. The molecular weight excluding hydrogens is 319 g/mol. The molecule has 1 amide bonds. The van der Waals surface area contributed by atoms with Crippen molar-refractivity contribution in [1.82, 2.24) is 5.32 Å². The molecule has 0 spiro atoms. The van der Waals surface area contributed by atoms with Gasteiger partial charge >= 0.3 is 6.36 Å². The van der Waals surface area contributed by atoms with Crippen LogP contribution in [0.1, 0.15) is 25.3 Å². The summed E-state index contributed by atoms with van der Waals surface area (Å²) in [6.45, 7) is 2.40. The highest BCUT2D eigenvalue weighted by atomic mass is 19.4. The van der Waals surface area contributed by atoms with Crippen LogP contribution < -0.4 is 10.1 Å². The second kappa shape index (κ2) is 7.86. The fourth-order valence-corrected chi connectivity index (χ4v) is 2.18. The molecule has 0 aliphatic carbocycles. The van der Waals surface area contributed by atoms with Crippen LogP contribution in [0, 0.1) is 0 Å². The lowest BCUT2D eigenvalue weighted by molar-refractivity contribution is -0.274. The van der Waals surface area contributed by atoms with Gasteiger partial charge in [-0.15, -0.1) is 13.2 Å². The number of nitrogens with one attached hydrogen (secondary N) is 1. The summed E-state index contributed by atoms with van der Waals surface area (Å²) < 4.78 is 40.3. The number of benzene rings is 2. The summed E-state index contributed by atoms with van der Waals surface area (Å²) in [5.74, 6) is -0.233. The molecule has 1 N–H and O–H groups in total. The van der Waals surface area contributed by atoms with Gasteiger partial charge in [0.25, 0.3) is 0 Å². The van der Waals surface area contributed by atoms with Gasteiger partial charge in [0.1, 0.15) is 5.75 Å². The Morgan fingerprint density at radius 3 is 2.04 bits per heavy atom. The Hall–Kier alpha value is -2.50. The Bertz CT molecular complexity index is 664. The highest BCUT2D eigenvalue weighted by Gasteiger charge is 2.30. The molecule has 6 heteroatoms. The van der Waals surface area contributed by atoms with Gasteiger partial charge in [-0.3, -0.25) is 4.79 Å². The standard InChI is InChI=1S/C18H18F3NO2/c1-2-3-17(23)22-12-13-4-6-14(7-5-13)15-8-10-16(11-9-15)24-18(19,20)21/h4-11H,2-3,12H2,1H3,(H,22,23). The maximum atomic E-state index is 12.1. The molecule has 0 aliphatic heterocycles. The van der Waals surface area contributed by atoms with Crippen molar-refractivity contribution in [2.75, 3.05) is 0 Å². The zero-order chi connectivity index (χ0) is 17.6. The minimum atomic E-state index is -4.69. The molecule has 0 radical (unpaired) electrons. The SMILES string of the molecule is CCCC(=O)NCc1ccc(-c2ccc(OC(F)(F)F)cc2)cc1. The molecule has 0 atom stereocenters. The van der Waals surface area contributed by atoms with E-state index in [2.05, 4.69) is 10.1 Å². The average molecular weight is 337 g/mol. The van der Waals surface area contributed by atoms with E-state index in [0.717, 1.165) is 23.1 Å². The summed E-state index contributed by atoms with van der Waals surface area (Å²) in [5, 5.41) is 2.83. The number of carbonyl (C=O) groups is 1. The van der Waals surface area contributed by atoms with E-state index in [4.69, 9.17) is 0 Å². The Kier molecular flexibility index (Phi) is 5.84. The van der Waals surface area contributed by atoms with Crippen molar-refractivity contribution in [1.29, 1.82) is 0 Å². The van der Waals surface area contributed by atoms with Crippen LogP contribution in [0.3, 0.4) is 0 Å². The van der Waals surface area contributed by atoms with E-state index < -0.39 is 6.36 Å². The van der Waals surface area contributed by atoms with E-state index >= 15 is 0 Å². The minimum Gasteiger partial charge on any atom is -0.406 e. The summed E-state index contributed by atoms with van der Waals surface area (Å²) in [7, 11) is 0. The average Bonchev–Trinajstić information content (AvgIpc) is 2.53. The predicted octanol–water partition coefficient (Wildman–Crippen LogP) is 4.67. The van der Waals surface area contributed by atoms with Crippen LogP contribution >= 0.6 is 0 Å². The van der Waals surface area contributed by atoms with E-state index in [1.165, 1.54) is 12.1 Å². The molecule has 0 aliphatic rings. The molecule has 0 heterocycles. The van der Waals surface area contributed by atoms with E-state index in [1.807, 2.05) is 31.2 Å². The van der Waals surface area contributed by atoms with Crippen molar-refractivity contribution in [3.8, 4) is 16.9 Å². The van der Waals surface area contributed by atoms with Gasteiger partial charge in [0.2, 0.25) is 5.91 Å². The third-order valence-corrected chi connectivity index (χ3v) is 3.34. The molecule has 0 saturated carbocycles. The van der Waals surface area contributed by atoms with Gasteiger partial charge in [-0.25, -0.2) is 0 Å². The van der Waals surface area contributed by atoms with Gasteiger partial charge in [0.05, 0.1) is 0 Å². The van der Waals surface area contributed by atoms with Crippen LogP contribution in [0.2, 0.25) is 0 Å². The summed E-state index contributed by atoms with van der Waals surface area (Å²) in [5.41, 5.74) is 2.61. The molecule has 0 aromatic heterocycles. The summed E-state index contributed by atoms with van der Waals surface area (Å²) in [6.07, 6.45) is -3.38. The number of amides is 1. The highest BCUT2D eigenvalue weighted by molar-refractivity contribution is 5.75. The van der Waals surface area contributed by atoms with Crippen LogP contribution in [0.15, 0.2) is 48.5 Å². The fourth-order valence-electron chi connectivity index (χ4n) is 2.18. The number of hydrogen-bond donors (Lipinski definition) is 1. The van der Waals surface area contributed by atoms with Crippen LogP contribution in [0.4, 0.5) is 13.2 Å². The van der Waals surface area contributed by atoms with Crippen LogP contribution in [-0.4, -0.2) is 12.3 Å². The third-order valence-electron chi connectivity index (χ3n) is 3.34.